The van der Waals surface area contributed by atoms with Crippen LogP contribution in [0, 0.1) is 5.92 Å². The molecule has 2 atom stereocenters. The summed E-state index contributed by atoms with van der Waals surface area (Å²) in [6, 6.07) is 4.21. The molecule has 0 unspecified atom stereocenters. The number of benzene rings is 1. The van der Waals surface area contributed by atoms with Crippen LogP contribution in [-0.4, -0.2) is 46.8 Å². The van der Waals surface area contributed by atoms with E-state index in [9.17, 15) is 19.2 Å². The van der Waals surface area contributed by atoms with E-state index in [-0.39, 0.29) is 23.4 Å². The average Bonchev–Trinajstić information content (AvgIpc) is 3.07. The molecule has 120 valence electrons. The monoisotopic (exact) mass is 316 g/mol. The van der Waals surface area contributed by atoms with Gasteiger partial charge < -0.3 is 10.4 Å². The molecule has 1 fully saturated rings. The first-order valence-corrected chi connectivity index (χ1v) is 7.38. The highest BCUT2D eigenvalue weighted by Crippen LogP contribution is 2.26. The van der Waals surface area contributed by atoms with Crippen LogP contribution in [0.5, 0.6) is 0 Å². The van der Waals surface area contributed by atoms with Crippen LogP contribution in [0.2, 0.25) is 0 Å². The van der Waals surface area contributed by atoms with Crippen LogP contribution in [0.25, 0.3) is 0 Å². The Labute approximate surface area is 132 Å². The molecule has 7 heteroatoms. The number of amides is 3. The van der Waals surface area contributed by atoms with Crippen LogP contribution < -0.4 is 5.32 Å². The van der Waals surface area contributed by atoms with Crippen molar-refractivity contribution in [2.75, 3.05) is 7.05 Å². The van der Waals surface area contributed by atoms with E-state index in [0.717, 1.165) is 4.90 Å². The van der Waals surface area contributed by atoms with Crippen LogP contribution in [0.4, 0.5) is 0 Å². The van der Waals surface area contributed by atoms with Gasteiger partial charge in [0.1, 0.15) is 0 Å². The lowest BCUT2D eigenvalue weighted by Crippen LogP contribution is -2.33. The fourth-order valence-corrected chi connectivity index (χ4v) is 3.11. The first kappa shape index (κ1) is 15.2. The molecule has 1 heterocycles. The number of hydrogen-bond donors (Lipinski definition) is 2. The van der Waals surface area contributed by atoms with E-state index in [0.29, 0.717) is 30.4 Å². The van der Waals surface area contributed by atoms with Crippen LogP contribution in [0.3, 0.4) is 0 Å². The molecule has 1 aromatic carbocycles. The van der Waals surface area contributed by atoms with Crippen LogP contribution >= 0.6 is 0 Å². The lowest BCUT2D eigenvalue weighted by molar-refractivity contribution is -0.141. The number of nitrogens with one attached hydrogen (secondary N) is 1. The second-order valence-electron chi connectivity index (χ2n) is 5.95. The number of carboxylic acid groups (broad SMARTS) is 1. The maximum Gasteiger partial charge on any atom is 0.306 e. The number of carbonyl (C=O) groups is 4. The molecule has 2 aliphatic rings. The summed E-state index contributed by atoms with van der Waals surface area (Å²) in [7, 11) is 1.40. The van der Waals surface area contributed by atoms with Gasteiger partial charge >= 0.3 is 5.97 Å². The summed E-state index contributed by atoms with van der Waals surface area (Å²) in [4.78, 5) is 48.0. The van der Waals surface area contributed by atoms with E-state index in [1.54, 1.807) is 0 Å². The van der Waals surface area contributed by atoms with Crippen molar-refractivity contribution in [3.8, 4) is 0 Å². The fraction of sp³-hybridized carbons (Fsp3) is 0.375. The van der Waals surface area contributed by atoms with E-state index in [1.165, 1.54) is 25.2 Å². The van der Waals surface area contributed by atoms with E-state index in [1.807, 2.05) is 0 Å². The van der Waals surface area contributed by atoms with Gasteiger partial charge in [-0.3, -0.25) is 24.1 Å². The highest BCUT2D eigenvalue weighted by atomic mass is 16.4. The molecule has 2 N–H and O–H groups in total. The number of rotatable bonds is 3. The predicted octanol–water partition coefficient (Wildman–Crippen LogP) is 0.895. The Morgan fingerprint density at radius 3 is 2.52 bits per heavy atom. The maximum atomic E-state index is 12.3. The fourth-order valence-electron chi connectivity index (χ4n) is 3.11. The lowest BCUT2D eigenvalue weighted by atomic mass is 10.0. The number of hydrogen-bond acceptors (Lipinski definition) is 4. The van der Waals surface area contributed by atoms with Gasteiger partial charge in [-0.15, -0.1) is 0 Å². The minimum absolute atomic E-state index is 0.183. The van der Waals surface area contributed by atoms with Crippen LogP contribution in [0.15, 0.2) is 18.2 Å². The second-order valence-corrected chi connectivity index (χ2v) is 5.95. The molecular weight excluding hydrogens is 300 g/mol. The Balaban J connectivity index is 1.74. The lowest BCUT2D eigenvalue weighted by Gasteiger charge is -2.12. The zero-order valence-electron chi connectivity index (χ0n) is 12.5. The molecule has 1 aromatic rings. The Bertz CT molecular complexity index is 727. The zero-order valence-corrected chi connectivity index (χ0v) is 12.5. The molecule has 7 nitrogen and oxygen atoms in total. The van der Waals surface area contributed by atoms with E-state index in [2.05, 4.69) is 5.32 Å². The van der Waals surface area contributed by atoms with Gasteiger partial charge in [-0.25, -0.2) is 0 Å². The van der Waals surface area contributed by atoms with E-state index < -0.39 is 17.8 Å². The van der Waals surface area contributed by atoms with Crippen molar-refractivity contribution in [1.82, 2.24) is 10.2 Å². The third-order valence-corrected chi connectivity index (χ3v) is 4.47. The van der Waals surface area contributed by atoms with Crippen molar-refractivity contribution in [2.24, 2.45) is 5.92 Å². The second kappa shape index (κ2) is 5.49. The van der Waals surface area contributed by atoms with Crippen molar-refractivity contribution in [2.45, 2.75) is 25.3 Å². The Morgan fingerprint density at radius 2 is 1.87 bits per heavy atom. The Morgan fingerprint density at radius 1 is 1.17 bits per heavy atom. The summed E-state index contributed by atoms with van der Waals surface area (Å²) in [5.74, 6) is -2.43. The van der Waals surface area contributed by atoms with E-state index >= 15 is 0 Å². The van der Waals surface area contributed by atoms with Crippen molar-refractivity contribution in [1.29, 1.82) is 0 Å². The number of nitrogens with zero attached hydrogens (tertiary/aromatic N) is 1. The number of carbonyl (C=O) groups excluding carboxylic acids is 3. The quantitative estimate of drug-likeness (QED) is 0.806. The normalized spacial score (nSPS) is 23.1. The summed E-state index contributed by atoms with van der Waals surface area (Å²) >= 11 is 0. The average molecular weight is 316 g/mol. The van der Waals surface area contributed by atoms with Crippen molar-refractivity contribution in [3.63, 3.8) is 0 Å². The SMILES string of the molecule is CN1C(=O)c2ccc(C(=O)N[C@H]3CC[C@@H](C(=O)O)C3)cc2C1=O. The first-order chi connectivity index (χ1) is 10.9. The van der Waals surface area contributed by atoms with Gasteiger partial charge in [-0.1, -0.05) is 0 Å². The van der Waals surface area contributed by atoms with Gasteiger partial charge in [-0.2, -0.15) is 0 Å². The van der Waals surface area contributed by atoms with Crippen molar-refractivity contribution < 1.29 is 24.3 Å². The molecule has 0 spiro atoms. The molecule has 0 radical (unpaired) electrons. The maximum absolute atomic E-state index is 12.3. The summed E-state index contributed by atoms with van der Waals surface area (Å²) in [5.41, 5.74) is 0.805. The molecule has 0 aromatic heterocycles. The predicted molar refractivity (Wildman–Crippen MR) is 79.1 cm³/mol. The molecule has 1 aliphatic carbocycles. The summed E-state index contributed by atoms with van der Waals surface area (Å²) in [5, 5.41) is 11.8. The Kier molecular flexibility index (Phi) is 3.63. The van der Waals surface area contributed by atoms with Gasteiger partial charge in [0, 0.05) is 18.7 Å². The Hall–Kier alpha value is -2.70. The molecule has 0 saturated heterocycles. The highest BCUT2D eigenvalue weighted by molar-refractivity contribution is 6.21. The standard InChI is InChI=1S/C16H16N2O5/c1-18-14(20)11-5-3-8(7-12(11)15(18)21)13(19)17-10-4-2-9(6-10)16(22)23/h3,5,7,9-10H,2,4,6H2,1H3,(H,17,19)(H,22,23)/t9-,10+/m1/s1. The van der Waals surface area contributed by atoms with Crippen molar-refractivity contribution >= 4 is 23.7 Å². The van der Waals surface area contributed by atoms with Gasteiger partial charge in [0.05, 0.1) is 17.0 Å². The third kappa shape index (κ3) is 2.58. The molecule has 1 saturated carbocycles. The van der Waals surface area contributed by atoms with E-state index in [4.69, 9.17) is 5.11 Å². The van der Waals surface area contributed by atoms with Crippen molar-refractivity contribution in [3.05, 3.63) is 34.9 Å². The zero-order chi connectivity index (χ0) is 16.7. The van der Waals surface area contributed by atoms with Gasteiger partial charge in [0.2, 0.25) is 0 Å². The number of aliphatic carboxylic acids is 1. The molecule has 0 bridgehead atoms. The molecule has 23 heavy (non-hydrogen) atoms. The number of imide groups is 1. The molecular formula is C16H16N2O5. The van der Waals surface area contributed by atoms with Gasteiger partial charge in [-0.05, 0) is 37.5 Å². The summed E-state index contributed by atoms with van der Waals surface area (Å²) in [6.07, 6.45) is 1.57. The van der Waals surface area contributed by atoms with Gasteiger partial charge in [0.15, 0.2) is 0 Å². The molecule has 1 aliphatic heterocycles. The molecule has 3 rings (SSSR count). The summed E-state index contributed by atoms with van der Waals surface area (Å²) < 4.78 is 0. The minimum atomic E-state index is -0.841. The number of carboxylic acids is 1. The number of fused-ring (bicyclic) bond motifs is 1. The third-order valence-electron chi connectivity index (χ3n) is 4.47. The molecule has 3 amide bonds. The largest absolute Gasteiger partial charge is 0.481 e. The first-order valence-electron chi connectivity index (χ1n) is 7.38. The van der Waals surface area contributed by atoms with Crippen LogP contribution in [0.1, 0.15) is 50.3 Å². The summed E-state index contributed by atoms with van der Waals surface area (Å²) in [6.45, 7) is 0. The topological polar surface area (TPSA) is 104 Å². The highest BCUT2D eigenvalue weighted by Gasteiger charge is 2.34. The minimum Gasteiger partial charge on any atom is -0.481 e. The smallest absolute Gasteiger partial charge is 0.306 e. The van der Waals surface area contributed by atoms with Crippen LogP contribution in [-0.2, 0) is 4.79 Å². The van der Waals surface area contributed by atoms with Gasteiger partial charge in [0.25, 0.3) is 17.7 Å².